The minimum absolute atomic E-state index is 0.0210. The Labute approximate surface area is 126 Å². The van der Waals surface area contributed by atoms with Crippen LogP contribution in [-0.4, -0.2) is 48.8 Å². The topological polar surface area (TPSA) is 87.7 Å². The van der Waals surface area contributed by atoms with Gasteiger partial charge in [0.2, 0.25) is 5.91 Å². The summed E-state index contributed by atoms with van der Waals surface area (Å²) in [6.45, 7) is 5.50. The molecule has 0 bridgehead atoms. The molecule has 1 aliphatic heterocycles. The van der Waals surface area contributed by atoms with Crippen molar-refractivity contribution in [2.75, 3.05) is 19.8 Å². The van der Waals surface area contributed by atoms with Gasteiger partial charge in [-0.25, -0.2) is 0 Å². The molecule has 6 heteroatoms. The molecule has 0 aromatic rings. The first-order chi connectivity index (χ1) is 9.99. The molecule has 0 radical (unpaired) electrons. The van der Waals surface area contributed by atoms with Crippen molar-refractivity contribution in [3.05, 3.63) is 0 Å². The zero-order valence-electron chi connectivity index (χ0n) is 13.1. The van der Waals surface area contributed by atoms with Gasteiger partial charge in [-0.1, -0.05) is 13.3 Å². The Morgan fingerprint density at radius 3 is 2.52 bits per heavy atom. The summed E-state index contributed by atoms with van der Waals surface area (Å²) in [7, 11) is 0. The molecule has 0 aliphatic carbocycles. The Morgan fingerprint density at radius 2 is 1.90 bits per heavy atom. The van der Waals surface area contributed by atoms with Crippen LogP contribution in [0.15, 0.2) is 0 Å². The molecule has 2 atom stereocenters. The van der Waals surface area contributed by atoms with E-state index in [1.165, 1.54) is 0 Å². The maximum Gasteiger partial charge on any atom is 0.306 e. The monoisotopic (exact) mass is 300 g/mol. The van der Waals surface area contributed by atoms with Crippen LogP contribution in [0.25, 0.3) is 0 Å². The number of carbonyl (C=O) groups is 2. The average molecular weight is 300 g/mol. The molecule has 1 fully saturated rings. The van der Waals surface area contributed by atoms with Crippen LogP contribution in [0.5, 0.6) is 0 Å². The summed E-state index contributed by atoms with van der Waals surface area (Å²) in [4.78, 5) is 22.5. The van der Waals surface area contributed by atoms with Crippen LogP contribution in [0.2, 0.25) is 0 Å². The summed E-state index contributed by atoms with van der Waals surface area (Å²) in [6.07, 6.45) is 4.17. The Morgan fingerprint density at radius 1 is 1.24 bits per heavy atom. The quantitative estimate of drug-likeness (QED) is 0.594. The number of carboxylic acids is 1. The predicted octanol–water partition coefficient (Wildman–Crippen LogP) is 1.15. The number of hydrogen-bond acceptors (Lipinski definition) is 4. The van der Waals surface area contributed by atoms with Crippen molar-refractivity contribution in [2.24, 2.45) is 5.92 Å². The van der Waals surface area contributed by atoms with Gasteiger partial charge in [-0.3, -0.25) is 9.59 Å². The Bertz CT molecular complexity index is 330. The van der Waals surface area contributed by atoms with Gasteiger partial charge in [0.25, 0.3) is 0 Å². The number of carbonyl (C=O) groups excluding carboxylic acids is 1. The van der Waals surface area contributed by atoms with E-state index in [0.717, 1.165) is 38.9 Å². The first-order valence-corrected chi connectivity index (χ1v) is 7.82. The molecule has 1 aliphatic rings. The fourth-order valence-electron chi connectivity index (χ4n) is 2.34. The van der Waals surface area contributed by atoms with Gasteiger partial charge in [-0.2, -0.15) is 0 Å². The maximum atomic E-state index is 11.8. The van der Waals surface area contributed by atoms with E-state index in [1.807, 2.05) is 6.92 Å². The molecule has 21 heavy (non-hydrogen) atoms. The lowest BCUT2D eigenvalue weighted by atomic mass is 10.0. The van der Waals surface area contributed by atoms with E-state index >= 15 is 0 Å². The first kappa shape index (κ1) is 17.9. The molecule has 0 aromatic heterocycles. The van der Waals surface area contributed by atoms with Crippen molar-refractivity contribution < 1.29 is 19.4 Å². The van der Waals surface area contributed by atoms with Gasteiger partial charge < -0.3 is 20.5 Å². The summed E-state index contributed by atoms with van der Waals surface area (Å²) in [5.74, 6) is -1.02. The standard InChI is InChI=1S/C15H28N2O4/c1-11(15(19)20)4-3-5-12(2)16-10-14(18)17-13-6-8-21-9-7-13/h11-13,16H,3-10H2,1-2H3,(H,17,18)(H,19,20). The molecule has 2 unspecified atom stereocenters. The van der Waals surface area contributed by atoms with Crippen molar-refractivity contribution in [2.45, 2.75) is 58.0 Å². The number of hydrogen-bond donors (Lipinski definition) is 3. The largest absolute Gasteiger partial charge is 0.481 e. The minimum Gasteiger partial charge on any atom is -0.481 e. The van der Waals surface area contributed by atoms with E-state index < -0.39 is 5.97 Å². The first-order valence-electron chi connectivity index (χ1n) is 7.82. The molecule has 1 saturated heterocycles. The fourth-order valence-corrected chi connectivity index (χ4v) is 2.34. The highest BCUT2D eigenvalue weighted by Crippen LogP contribution is 2.09. The number of carboxylic acid groups (broad SMARTS) is 1. The second kappa shape index (κ2) is 9.73. The lowest BCUT2D eigenvalue weighted by molar-refractivity contribution is -0.141. The molecule has 1 heterocycles. The zero-order chi connectivity index (χ0) is 15.7. The van der Waals surface area contributed by atoms with Gasteiger partial charge in [-0.15, -0.1) is 0 Å². The van der Waals surface area contributed by atoms with Crippen LogP contribution >= 0.6 is 0 Å². The van der Waals surface area contributed by atoms with Gasteiger partial charge >= 0.3 is 5.97 Å². The molecule has 0 saturated carbocycles. The second-order valence-corrected chi connectivity index (χ2v) is 5.91. The van der Waals surface area contributed by atoms with Gasteiger partial charge in [0.15, 0.2) is 0 Å². The van der Waals surface area contributed by atoms with E-state index in [-0.39, 0.29) is 23.9 Å². The van der Waals surface area contributed by atoms with Crippen molar-refractivity contribution in [1.29, 1.82) is 0 Å². The van der Waals surface area contributed by atoms with Crippen molar-refractivity contribution in [3.63, 3.8) is 0 Å². The number of ether oxygens (including phenoxy) is 1. The van der Waals surface area contributed by atoms with E-state index in [2.05, 4.69) is 10.6 Å². The highest BCUT2D eigenvalue weighted by atomic mass is 16.5. The highest BCUT2D eigenvalue weighted by molar-refractivity contribution is 5.78. The van der Waals surface area contributed by atoms with E-state index in [1.54, 1.807) is 6.92 Å². The highest BCUT2D eigenvalue weighted by Gasteiger charge is 2.16. The number of aliphatic carboxylic acids is 1. The summed E-state index contributed by atoms with van der Waals surface area (Å²) < 4.78 is 5.25. The molecule has 0 spiro atoms. The molecular weight excluding hydrogens is 272 g/mol. The average Bonchev–Trinajstić information content (AvgIpc) is 2.46. The Kier molecular flexibility index (Phi) is 8.30. The number of amides is 1. The smallest absolute Gasteiger partial charge is 0.306 e. The second-order valence-electron chi connectivity index (χ2n) is 5.91. The van der Waals surface area contributed by atoms with Gasteiger partial charge in [0.1, 0.15) is 0 Å². The van der Waals surface area contributed by atoms with Gasteiger partial charge in [-0.05, 0) is 32.6 Å². The summed E-state index contributed by atoms with van der Waals surface area (Å²) in [5, 5.41) is 15.0. The van der Waals surface area contributed by atoms with Crippen molar-refractivity contribution in [1.82, 2.24) is 10.6 Å². The normalized spacial score (nSPS) is 19.0. The van der Waals surface area contributed by atoms with Gasteiger partial charge in [0.05, 0.1) is 12.5 Å². The van der Waals surface area contributed by atoms with Crippen LogP contribution in [0.4, 0.5) is 0 Å². The fraction of sp³-hybridized carbons (Fsp3) is 0.867. The zero-order valence-corrected chi connectivity index (χ0v) is 13.1. The summed E-state index contributed by atoms with van der Waals surface area (Å²) in [5.41, 5.74) is 0. The molecular formula is C15H28N2O4. The lowest BCUT2D eigenvalue weighted by Gasteiger charge is -2.23. The predicted molar refractivity (Wildman–Crippen MR) is 80.1 cm³/mol. The van der Waals surface area contributed by atoms with Crippen molar-refractivity contribution in [3.8, 4) is 0 Å². The number of rotatable bonds is 9. The maximum absolute atomic E-state index is 11.8. The Hall–Kier alpha value is -1.14. The lowest BCUT2D eigenvalue weighted by Crippen LogP contribution is -2.44. The summed E-state index contributed by atoms with van der Waals surface area (Å²) >= 11 is 0. The Balaban J connectivity index is 2.07. The molecule has 1 rings (SSSR count). The van der Waals surface area contributed by atoms with Crippen molar-refractivity contribution >= 4 is 11.9 Å². The van der Waals surface area contributed by atoms with E-state index in [9.17, 15) is 9.59 Å². The summed E-state index contributed by atoms with van der Waals surface area (Å²) in [6, 6.07) is 0.450. The third kappa shape index (κ3) is 8.02. The third-order valence-corrected chi connectivity index (χ3v) is 3.89. The number of nitrogens with one attached hydrogen (secondary N) is 2. The third-order valence-electron chi connectivity index (χ3n) is 3.89. The minimum atomic E-state index is -0.744. The molecule has 1 amide bonds. The molecule has 6 nitrogen and oxygen atoms in total. The van der Waals surface area contributed by atoms with Crippen LogP contribution in [-0.2, 0) is 14.3 Å². The van der Waals surface area contributed by atoms with Crippen LogP contribution in [0.1, 0.15) is 46.0 Å². The molecule has 3 N–H and O–H groups in total. The van der Waals surface area contributed by atoms with Gasteiger partial charge in [0, 0.05) is 25.3 Å². The van der Waals surface area contributed by atoms with Crippen LogP contribution < -0.4 is 10.6 Å². The SMILES string of the molecule is CC(CCCC(C)C(=O)O)NCC(=O)NC1CCOCC1. The van der Waals surface area contributed by atoms with Crippen LogP contribution in [0, 0.1) is 5.92 Å². The van der Waals surface area contributed by atoms with E-state index in [4.69, 9.17) is 9.84 Å². The van der Waals surface area contributed by atoms with Crippen LogP contribution in [0.3, 0.4) is 0 Å². The van der Waals surface area contributed by atoms with E-state index in [0.29, 0.717) is 13.0 Å². The molecule has 122 valence electrons. The molecule has 0 aromatic carbocycles.